The van der Waals surface area contributed by atoms with Gasteiger partial charge in [-0.2, -0.15) is 0 Å². The predicted molar refractivity (Wildman–Crippen MR) is 70.4 cm³/mol. The van der Waals surface area contributed by atoms with E-state index in [1.807, 2.05) is 30.3 Å². The third kappa shape index (κ3) is 2.04. The molecule has 1 aliphatic rings. The number of allylic oxidation sites excluding steroid dienone is 2. The molecule has 0 radical (unpaired) electrons. The van der Waals surface area contributed by atoms with Crippen LogP contribution in [0.15, 0.2) is 42.1 Å². The highest BCUT2D eigenvalue weighted by Gasteiger charge is 2.16. The van der Waals surface area contributed by atoms with E-state index in [1.54, 1.807) is 6.20 Å². The number of hydrogen-bond donors (Lipinski definition) is 0. The smallest absolute Gasteiger partial charge is 0.208 e. The Morgan fingerprint density at radius 2 is 1.94 bits per heavy atom. The largest absolute Gasteiger partial charge is 0.287 e. The molecule has 0 N–H and O–H groups in total. The van der Waals surface area contributed by atoms with Gasteiger partial charge in [-0.1, -0.05) is 18.2 Å². The minimum Gasteiger partial charge on any atom is -0.287 e. The Labute approximate surface area is 106 Å². The number of Topliss-reactive ketones (excluding diaryl/α,β-unsaturated/α-hetero) is 1. The molecule has 0 fully saturated rings. The van der Waals surface area contributed by atoms with E-state index in [1.165, 1.54) is 6.42 Å². The number of fused-ring (bicyclic) bond motifs is 1. The van der Waals surface area contributed by atoms with Crippen LogP contribution < -0.4 is 0 Å². The van der Waals surface area contributed by atoms with Crippen molar-refractivity contribution in [1.82, 2.24) is 9.97 Å². The molecule has 3 rings (SSSR count). The van der Waals surface area contributed by atoms with Gasteiger partial charge in [0.2, 0.25) is 5.78 Å². The summed E-state index contributed by atoms with van der Waals surface area (Å²) < 4.78 is 0. The van der Waals surface area contributed by atoms with Gasteiger partial charge in [-0.3, -0.25) is 9.78 Å². The highest BCUT2D eigenvalue weighted by atomic mass is 16.1. The van der Waals surface area contributed by atoms with E-state index < -0.39 is 0 Å². The zero-order valence-corrected chi connectivity index (χ0v) is 10.1. The molecule has 18 heavy (non-hydrogen) atoms. The van der Waals surface area contributed by atoms with E-state index in [0.717, 1.165) is 35.9 Å². The Balaban J connectivity index is 1.98. The second-order valence-corrected chi connectivity index (χ2v) is 4.55. The highest BCUT2D eigenvalue weighted by molar-refractivity contribution is 6.07. The number of rotatable bonds is 2. The number of nitrogens with zero attached hydrogens (tertiary/aromatic N) is 2. The molecule has 0 saturated heterocycles. The molecule has 3 nitrogen and oxygen atoms in total. The molecule has 0 aliphatic heterocycles. The van der Waals surface area contributed by atoms with Crippen LogP contribution in [0.2, 0.25) is 0 Å². The zero-order valence-electron chi connectivity index (χ0n) is 10.1. The lowest BCUT2D eigenvalue weighted by molar-refractivity contribution is 0.102. The van der Waals surface area contributed by atoms with Crippen molar-refractivity contribution in [3.63, 3.8) is 0 Å². The number of benzene rings is 1. The molecule has 90 valence electrons. The first-order valence-electron chi connectivity index (χ1n) is 6.30. The molecule has 2 aromatic rings. The van der Waals surface area contributed by atoms with Crippen molar-refractivity contribution >= 4 is 16.8 Å². The van der Waals surface area contributed by atoms with Crippen molar-refractivity contribution in [2.24, 2.45) is 0 Å². The van der Waals surface area contributed by atoms with Gasteiger partial charge in [0.25, 0.3) is 0 Å². The Kier molecular flexibility index (Phi) is 2.89. The molecule has 0 atom stereocenters. The maximum atomic E-state index is 12.3. The van der Waals surface area contributed by atoms with E-state index in [-0.39, 0.29) is 5.78 Å². The predicted octanol–water partition coefficient (Wildman–Crippen LogP) is 3.31. The van der Waals surface area contributed by atoms with E-state index in [9.17, 15) is 4.79 Å². The number of aromatic nitrogens is 2. The van der Waals surface area contributed by atoms with Crippen LogP contribution in [0, 0.1) is 0 Å². The minimum absolute atomic E-state index is 0.0351. The third-order valence-electron chi connectivity index (χ3n) is 3.26. The first-order chi connectivity index (χ1) is 8.84. The average molecular weight is 238 g/mol. The molecule has 1 aromatic heterocycles. The summed E-state index contributed by atoms with van der Waals surface area (Å²) in [5, 5.41) is 0. The van der Waals surface area contributed by atoms with E-state index in [2.05, 4.69) is 9.97 Å². The SMILES string of the molecule is O=C(C1=CCCCC1)c1cnc2ccccc2n1. The lowest BCUT2D eigenvalue weighted by Crippen LogP contribution is -2.09. The first kappa shape index (κ1) is 11.1. The lowest BCUT2D eigenvalue weighted by atomic mass is 9.95. The van der Waals surface area contributed by atoms with Crippen LogP contribution in [-0.4, -0.2) is 15.8 Å². The summed E-state index contributed by atoms with van der Waals surface area (Å²) in [6, 6.07) is 7.61. The maximum Gasteiger partial charge on any atom is 0.208 e. The minimum atomic E-state index is 0.0351. The lowest BCUT2D eigenvalue weighted by Gasteiger charge is -2.10. The van der Waals surface area contributed by atoms with Crippen LogP contribution in [-0.2, 0) is 0 Å². The van der Waals surface area contributed by atoms with Crippen LogP contribution in [0.4, 0.5) is 0 Å². The molecule has 0 amide bonds. The number of ketones is 1. The summed E-state index contributed by atoms with van der Waals surface area (Å²) in [4.78, 5) is 21.0. The molecule has 0 bridgehead atoms. The molecule has 3 heteroatoms. The fourth-order valence-corrected chi connectivity index (χ4v) is 2.28. The van der Waals surface area contributed by atoms with Gasteiger partial charge in [0.15, 0.2) is 0 Å². The quantitative estimate of drug-likeness (QED) is 0.754. The third-order valence-corrected chi connectivity index (χ3v) is 3.26. The number of carbonyl (C=O) groups excluding carboxylic acids is 1. The van der Waals surface area contributed by atoms with E-state index in [4.69, 9.17) is 0 Å². The zero-order chi connectivity index (χ0) is 12.4. The van der Waals surface area contributed by atoms with Gasteiger partial charge in [0, 0.05) is 0 Å². The number of hydrogen-bond acceptors (Lipinski definition) is 3. The summed E-state index contributed by atoms with van der Waals surface area (Å²) in [5.74, 6) is 0.0351. The Morgan fingerprint density at radius 3 is 2.72 bits per heavy atom. The maximum absolute atomic E-state index is 12.3. The van der Waals surface area contributed by atoms with Crippen LogP contribution in [0.5, 0.6) is 0 Å². The van der Waals surface area contributed by atoms with Gasteiger partial charge >= 0.3 is 0 Å². The van der Waals surface area contributed by atoms with Crippen molar-refractivity contribution in [2.45, 2.75) is 25.7 Å². The Morgan fingerprint density at radius 1 is 1.11 bits per heavy atom. The molecule has 1 aliphatic carbocycles. The Bertz CT molecular complexity index is 631. The van der Waals surface area contributed by atoms with Crippen LogP contribution in [0.1, 0.15) is 36.2 Å². The summed E-state index contributed by atoms with van der Waals surface area (Å²) in [6.45, 7) is 0. The molecule has 0 spiro atoms. The summed E-state index contributed by atoms with van der Waals surface area (Å²) in [6.07, 6.45) is 7.77. The monoisotopic (exact) mass is 238 g/mol. The topological polar surface area (TPSA) is 42.9 Å². The van der Waals surface area contributed by atoms with Crippen molar-refractivity contribution in [1.29, 1.82) is 0 Å². The van der Waals surface area contributed by atoms with Crippen molar-refractivity contribution in [3.8, 4) is 0 Å². The van der Waals surface area contributed by atoms with Gasteiger partial charge in [0.1, 0.15) is 5.69 Å². The number of carbonyl (C=O) groups is 1. The van der Waals surface area contributed by atoms with Crippen molar-refractivity contribution in [2.75, 3.05) is 0 Å². The van der Waals surface area contributed by atoms with Crippen LogP contribution in [0.3, 0.4) is 0 Å². The van der Waals surface area contributed by atoms with Crippen LogP contribution in [0.25, 0.3) is 11.0 Å². The van der Waals surface area contributed by atoms with Gasteiger partial charge in [-0.25, -0.2) is 4.98 Å². The Hall–Kier alpha value is -2.03. The van der Waals surface area contributed by atoms with E-state index >= 15 is 0 Å². The molecule has 0 unspecified atom stereocenters. The number of para-hydroxylation sites is 2. The van der Waals surface area contributed by atoms with Crippen molar-refractivity contribution in [3.05, 3.63) is 47.8 Å². The average Bonchev–Trinajstić information content (AvgIpc) is 2.47. The van der Waals surface area contributed by atoms with Gasteiger partial charge in [-0.05, 0) is 43.4 Å². The fourth-order valence-electron chi connectivity index (χ4n) is 2.28. The summed E-state index contributed by atoms with van der Waals surface area (Å²) >= 11 is 0. The first-order valence-corrected chi connectivity index (χ1v) is 6.30. The normalized spacial score (nSPS) is 15.4. The highest BCUT2D eigenvalue weighted by Crippen LogP contribution is 2.21. The van der Waals surface area contributed by atoms with Gasteiger partial charge < -0.3 is 0 Å². The standard InChI is InChI=1S/C15H14N2O/c18-15(11-6-2-1-3-7-11)14-10-16-12-8-4-5-9-13(12)17-14/h4-6,8-10H,1-3,7H2. The second kappa shape index (κ2) is 4.69. The van der Waals surface area contributed by atoms with Gasteiger partial charge in [0.05, 0.1) is 17.2 Å². The molecular formula is C15H14N2O. The van der Waals surface area contributed by atoms with Crippen molar-refractivity contribution < 1.29 is 4.79 Å². The summed E-state index contributed by atoms with van der Waals surface area (Å²) in [7, 11) is 0. The molecule has 1 heterocycles. The van der Waals surface area contributed by atoms with Crippen LogP contribution >= 0.6 is 0 Å². The molecular weight excluding hydrogens is 224 g/mol. The second-order valence-electron chi connectivity index (χ2n) is 4.55. The van der Waals surface area contributed by atoms with Gasteiger partial charge in [-0.15, -0.1) is 0 Å². The van der Waals surface area contributed by atoms with E-state index in [0.29, 0.717) is 5.69 Å². The molecule has 1 aromatic carbocycles. The fraction of sp³-hybridized carbons (Fsp3) is 0.267. The molecule has 0 saturated carbocycles. The summed E-state index contributed by atoms with van der Waals surface area (Å²) in [5.41, 5.74) is 2.96.